The van der Waals surface area contributed by atoms with E-state index in [2.05, 4.69) is 24.5 Å². The van der Waals surface area contributed by atoms with Gasteiger partial charge >= 0.3 is 0 Å². The van der Waals surface area contributed by atoms with Gasteiger partial charge in [0, 0.05) is 30.0 Å². The Kier molecular flexibility index (Phi) is 8.05. The smallest absolute Gasteiger partial charge is 0.253 e. The molecule has 0 saturated carbocycles. The van der Waals surface area contributed by atoms with Crippen LogP contribution in [0.5, 0.6) is 0 Å². The number of rotatable bonds is 9. The minimum absolute atomic E-state index is 0.0342. The van der Waals surface area contributed by atoms with Gasteiger partial charge in [-0.3, -0.25) is 9.59 Å². The molecule has 0 fully saturated rings. The van der Waals surface area contributed by atoms with E-state index in [9.17, 15) is 9.59 Å². The molecule has 0 heterocycles. The summed E-state index contributed by atoms with van der Waals surface area (Å²) in [4.78, 5) is 26.8. The SMILES string of the molecule is CCCN(CCC)C(=O)c1cccc(NCC(=O)Nc2ccc(C)c(C)c2)c1. The highest BCUT2D eigenvalue weighted by Gasteiger charge is 2.14. The number of hydrogen-bond acceptors (Lipinski definition) is 3. The quantitative estimate of drug-likeness (QED) is 0.666. The lowest BCUT2D eigenvalue weighted by molar-refractivity contribution is -0.114. The molecule has 0 aliphatic carbocycles. The van der Waals surface area contributed by atoms with Gasteiger partial charge in [0.15, 0.2) is 0 Å². The highest BCUT2D eigenvalue weighted by molar-refractivity contribution is 5.96. The summed E-state index contributed by atoms with van der Waals surface area (Å²) in [6, 6.07) is 13.2. The van der Waals surface area contributed by atoms with Crippen LogP contribution in [0.15, 0.2) is 42.5 Å². The third-order valence-corrected chi connectivity index (χ3v) is 4.63. The van der Waals surface area contributed by atoms with Crippen molar-refractivity contribution in [3.8, 4) is 0 Å². The summed E-state index contributed by atoms with van der Waals surface area (Å²) in [7, 11) is 0. The molecule has 0 aliphatic rings. The van der Waals surface area contributed by atoms with Gasteiger partial charge in [-0.05, 0) is 68.1 Å². The van der Waals surface area contributed by atoms with Crippen molar-refractivity contribution < 1.29 is 9.59 Å². The van der Waals surface area contributed by atoms with Crippen LogP contribution in [0.25, 0.3) is 0 Å². The summed E-state index contributed by atoms with van der Waals surface area (Å²) in [5.41, 5.74) is 4.52. The molecule has 0 bridgehead atoms. The normalized spacial score (nSPS) is 10.4. The summed E-state index contributed by atoms with van der Waals surface area (Å²) in [6.45, 7) is 9.85. The highest BCUT2D eigenvalue weighted by Crippen LogP contribution is 2.15. The number of nitrogens with zero attached hydrogens (tertiary/aromatic N) is 1. The van der Waals surface area contributed by atoms with E-state index in [0.717, 1.165) is 42.9 Å². The van der Waals surface area contributed by atoms with Crippen LogP contribution in [0, 0.1) is 13.8 Å². The predicted octanol–water partition coefficient (Wildman–Crippen LogP) is 4.62. The molecule has 2 amide bonds. The first-order valence-electron chi connectivity index (χ1n) is 9.95. The van der Waals surface area contributed by atoms with E-state index in [4.69, 9.17) is 0 Å². The minimum atomic E-state index is -0.126. The Balaban J connectivity index is 1.97. The van der Waals surface area contributed by atoms with E-state index < -0.39 is 0 Å². The number of anilines is 2. The largest absolute Gasteiger partial charge is 0.376 e. The Morgan fingerprint density at radius 1 is 0.893 bits per heavy atom. The van der Waals surface area contributed by atoms with E-state index in [0.29, 0.717) is 5.56 Å². The van der Waals surface area contributed by atoms with Crippen LogP contribution in [0.4, 0.5) is 11.4 Å². The Labute approximate surface area is 168 Å². The molecule has 28 heavy (non-hydrogen) atoms. The Bertz CT molecular complexity index is 811. The Morgan fingerprint density at radius 3 is 2.25 bits per heavy atom. The van der Waals surface area contributed by atoms with Crippen molar-refractivity contribution >= 4 is 23.2 Å². The van der Waals surface area contributed by atoms with Gasteiger partial charge in [-0.25, -0.2) is 0 Å². The van der Waals surface area contributed by atoms with Crippen LogP contribution >= 0.6 is 0 Å². The van der Waals surface area contributed by atoms with Gasteiger partial charge in [0.25, 0.3) is 5.91 Å². The Morgan fingerprint density at radius 2 is 1.61 bits per heavy atom. The molecule has 2 aromatic rings. The third kappa shape index (κ3) is 6.12. The van der Waals surface area contributed by atoms with E-state index >= 15 is 0 Å². The average Bonchev–Trinajstić information content (AvgIpc) is 2.69. The number of aryl methyl sites for hydroxylation is 2. The number of amides is 2. The number of benzene rings is 2. The zero-order valence-electron chi connectivity index (χ0n) is 17.3. The fourth-order valence-corrected chi connectivity index (χ4v) is 3.01. The van der Waals surface area contributed by atoms with E-state index in [1.165, 1.54) is 5.56 Å². The van der Waals surface area contributed by atoms with Crippen LogP contribution < -0.4 is 10.6 Å². The molecule has 0 spiro atoms. The molecule has 0 saturated heterocycles. The number of hydrogen-bond donors (Lipinski definition) is 2. The lowest BCUT2D eigenvalue weighted by atomic mass is 10.1. The molecule has 0 atom stereocenters. The molecule has 2 rings (SSSR count). The van der Waals surface area contributed by atoms with Crippen molar-refractivity contribution in [3.05, 3.63) is 59.2 Å². The van der Waals surface area contributed by atoms with Gasteiger partial charge in [-0.2, -0.15) is 0 Å². The molecule has 5 nitrogen and oxygen atoms in total. The number of carbonyl (C=O) groups excluding carboxylic acids is 2. The molecule has 150 valence electrons. The van der Waals surface area contributed by atoms with Gasteiger partial charge in [-0.15, -0.1) is 0 Å². The van der Waals surface area contributed by atoms with Gasteiger partial charge in [0.2, 0.25) is 5.91 Å². The highest BCUT2D eigenvalue weighted by atomic mass is 16.2. The molecule has 0 aromatic heterocycles. The second-order valence-corrected chi connectivity index (χ2v) is 7.07. The summed E-state index contributed by atoms with van der Waals surface area (Å²) < 4.78 is 0. The van der Waals surface area contributed by atoms with Gasteiger partial charge < -0.3 is 15.5 Å². The fraction of sp³-hybridized carbons (Fsp3) is 0.391. The fourth-order valence-electron chi connectivity index (χ4n) is 3.01. The van der Waals surface area contributed by atoms with Crippen LogP contribution in [-0.2, 0) is 4.79 Å². The molecule has 2 N–H and O–H groups in total. The summed E-state index contributed by atoms with van der Waals surface area (Å²) in [5.74, 6) is -0.0921. The summed E-state index contributed by atoms with van der Waals surface area (Å²) >= 11 is 0. The van der Waals surface area contributed by atoms with Crippen molar-refractivity contribution in [1.29, 1.82) is 0 Å². The second kappa shape index (κ2) is 10.5. The van der Waals surface area contributed by atoms with Crippen molar-refractivity contribution in [3.63, 3.8) is 0 Å². The van der Waals surface area contributed by atoms with Crippen LogP contribution in [-0.4, -0.2) is 36.3 Å². The maximum Gasteiger partial charge on any atom is 0.253 e. The first-order chi connectivity index (χ1) is 13.4. The maximum absolute atomic E-state index is 12.7. The van der Waals surface area contributed by atoms with E-state index in [1.54, 1.807) is 0 Å². The maximum atomic E-state index is 12.7. The van der Waals surface area contributed by atoms with Crippen molar-refractivity contribution in [1.82, 2.24) is 4.90 Å². The zero-order valence-corrected chi connectivity index (χ0v) is 17.3. The summed E-state index contributed by atoms with van der Waals surface area (Å²) in [5, 5.41) is 6.00. The standard InChI is InChI=1S/C23H31N3O2/c1-5-12-26(13-6-2)23(28)19-8-7-9-20(15-19)24-16-22(27)25-21-11-10-17(3)18(4)14-21/h7-11,14-15,24H,5-6,12-13,16H2,1-4H3,(H,25,27). The van der Waals surface area contributed by atoms with E-state index in [1.807, 2.05) is 61.2 Å². The molecular formula is C23H31N3O2. The van der Waals surface area contributed by atoms with Crippen molar-refractivity contribution in [2.75, 3.05) is 30.3 Å². The minimum Gasteiger partial charge on any atom is -0.376 e. The van der Waals surface area contributed by atoms with Crippen LogP contribution in [0.2, 0.25) is 0 Å². The van der Waals surface area contributed by atoms with Crippen molar-refractivity contribution in [2.45, 2.75) is 40.5 Å². The molecule has 0 aliphatic heterocycles. The van der Waals surface area contributed by atoms with Gasteiger partial charge in [-0.1, -0.05) is 26.0 Å². The second-order valence-electron chi connectivity index (χ2n) is 7.07. The van der Waals surface area contributed by atoms with Gasteiger partial charge in [0.05, 0.1) is 6.54 Å². The lowest BCUT2D eigenvalue weighted by Gasteiger charge is -2.21. The topological polar surface area (TPSA) is 61.4 Å². The average molecular weight is 382 g/mol. The summed E-state index contributed by atoms with van der Waals surface area (Å²) in [6.07, 6.45) is 1.87. The van der Waals surface area contributed by atoms with Crippen molar-refractivity contribution in [2.24, 2.45) is 0 Å². The Hall–Kier alpha value is -2.82. The first-order valence-corrected chi connectivity index (χ1v) is 9.95. The lowest BCUT2D eigenvalue weighted by Crippen LogP contribution is -2.32. The number of nitrogens with one attached hydrogen (secondary N) is 2. The van der Waals surface area contributed by atoms with Gasteiger partial charge in [0.1, 0.15) is 0 Å². The number of carbonyl (C=O) groups is 2. The monoisotopic (exact) mass is 381 g/mol. The van der Waals surface area contributed by atoms with Crippen LogP contribution in [0.3, 0.4) is 0 Å². The molecule has 0 unspecified atom stereocenters. The third-order valence-electron chi connectivity index (χ3n) is 4.63. The van der Waals surface area contributed by atoms with Crippen LogP contribution in [0.1, 0.15) is 48.2 Å². The van der Waals surface area contributed by atoms with E-state index in [-0.39, 0.29) is 18.4 Å². The predicted molar refractivity (Wildman–Crippen MR) is 116 cm³/mol. The first kappa shape index (κ1) is 21.5. The molecule has 5 heteroatoms. The molecular weight excluding hydrogens is 350 g/mol. The zero-order chi connectivity index (χ0) is 20.5. The molecule has 2 aromatic carbocycles. The molecule has 0 radical (unpaired) electrons.